The van der Waals surface area contributed by atoms with Gasteiger partial charge in [0.15, 0.2) is 0 Å². The molecule has 0 atom stereocenters. The first kappa shape index (κ1) is 10.8. The summed E-state index contributed by atoms with van der Waals surface area (Å²) in [5.74, 6) is -1.26. The Morgan fingerprint density at radius 3 is 2.69 bits per heavy atom. The molecule has 3 nitrogen and oxygen atoms in total. The van der Waals surface area contributed by atoms with Crippen molar-refractivity contribution in [2.75, 3.05) is 0 Å². The van der Waals surface area contributed by atoms with Gasteiger partial charge in [0.2, 0.25) is 5.91 Å². The summed E-state index contributed by atoms with van der Waals surface area (Å²) in [6.07, 6.45) is 1.57. The molecule has 5 heteroatoms. The molecular formula is C11H7ClFNO2. The van der Waals surface area contributed by atoms with E-state index >= 15 is 0 Å². The molecule has 0 radical (unpaired) electrons. The van der Waals surface area contributed by atoms with Crippen molar-refractivity contribution in [1.29, 1.82) is 0 Å². The second-order valence-corrected chi connectivity index (χ2v) is 3.80. The van der Waals surface area contributed by atoms with E-state index in [2.05, 4.69) is 5.32 Å². The molecule has 0 bridgehead atoms. The molecule has 0 aliphatic carbocycles. The largest absolute Gasteiger partial charge is 0.292 e. The molecule has 82 valence electrons. The highest BCUT2D eigenvalue weighted by molar-refractivity contribution is 6.30. The Labute approximate surface area is 95.9 Å². The topological polar surface area (TPSA) is 46.2 Å². The summed E-state index contributed by atoms with van der Waals surface area (Å²) in [6, 6.07) is 4.10. The minimum Gasteiger partial charge on any atom is -0.292 e. The predicted molar refractivity (Wildman–Crippen MR) is 57.2 cm³/mol. The average Bonchev–Trinajstić information content (AvgIpc) is 2.51. The van der Waals surface area contributed by atoms with Crippen LogP contribution in [-0.4, -0.2) is 11.8 Å². The number of rotatable bonds is 1. The smallest absolute Gasteiger partial charge is 0.254 e. The first-order chi connectivity index (χ1) is 7.56. The Balaban J connectivity index is 2.32. The fourth-order valence-corrected chi connectivity index (χ4v) is 1.61. The lowest BCUT2D eigenvalue weighted by atomic mass is 10.1. The summed E-state index contributed by atoms with van der Waals surface area (Å²) < 4.78 is 12.9. The van der Waals surface area contributed by atoms with Gasteiger partial charge in [-0.2, -0.15) is 0 Å². The molecule has 1 aromatic rings. The maximum absolute atomic E-state index is 12.9. The van der Waals surface area contributed by atoms with Crippen molar-refractivity contribution in [3.8, 4) is 0 Å². The maximum atomic E-state index is 12.9. The Morgan fingerprint density at radius 1 is 1.38 bits per heavy atom. The molecule has 1 aromatic carbocycles. The van der Waals surface area contributed by atoms with Gasteiger partial charge in [0.25, 0.3) is 5.91 Å². The second kappa shape index (κ2) is 4.06. The van der Waals surface area contributed by atoms with Gasteiger partial charge in [-0.1, -0.05) is 17.7 Å². The highest BCUT2D eigenvalue weighted by Crippen LogP contribution is 2.20. The summed E-state index contributed by atoms with van der Waals surface area (Å²) in [7, 11) is 0. The number of imide groups is 1. The van der Waals surface area contributed by atoms with E-state index in [0.29, 0.717) is 11.1 Å². The van der Waals surface area contributed by atoms with Crippen molar-refractivity contribution >= 4 is 29.5 Å². The molecule has 0 saturated carbocycles. The van der Waals surface area contributed by atoms with E-state index in [1.54, 1.807) is 0 Å². The monoisotopic (exact) mass is 239 g/mol. The van der Waals surface area contributed by atoms with Crippen LogP contribution < -0.4 is 5.32 Å². The molecule has 1 saturated heterocycles. The maximum Gasteiger partial charge on any atom is 0.254 e. The number of nitrogens with one attached hydrogen (secondary N) is 1. The lowest BCUT2D eigenvalue weighted by molar-refractivity contribution is -0.124. The van der Waals surface area contributed by atoms with E-state index in [-0.39, 0.29) is 17.4 Å². The van der Waals surface area contributed by atoms with Crippen molar-refractivity contribution in [1.82, 2.24) is 5.32 Å². The first-order valence-electron chi connectivity index (χ1n) is 4.56. The summed E-state index contributed by atoms with van der Waals surface area (Å²) in [5.41, 5.74) is 0.943. The van der Waals surface area contributed by atoms with Gasteiger partial charge < -0.3 is 0 Å². The molecule has 1 fully saturated rings. The Kier molecular flexibility index (Phi) is 2.75. The van der Waals surface area contributed by atoms with Crippen molar-refractivity contribution in [2.24, 2.45) is 0 Å². The summed E-state index contributed by atoms with van der Waals surface area (Å²) in [6.45, 7) is 0. The molecule has 1 aliphatic rings. The van der Waals surface area contributed by atoms with E-state index in [1.807, 2.05) is 0 Å². The average molecular weight is 240 g/mol. The number of carbonyl (C=O) groups excluding carboxylic acids is 2. The van der Waals surface area contributed by atoms with Gasteiger partial charge in [0.05, 0.1) is 11.4 Å². The number of carbonyl (C=O) groups is 2. The molecule has 0 spiro atoms. The Hall–Kier alpha value is -1.68. The van der Waals surface area contributed by atoms with Crippen molar-refractivity contribution in [3.05, 3.63) is 40.2 Å². The molecule has 2 amide bonds. The van der Waals surface area contributed by atoms with Gasteiger partial charge in [-0.05, 0) is 23.8 Å². The fourth-order valence-electron chi connectivity index (χ4n) is 1.42. The lowest BCUT2D eigenvalue weighted by Gasteiger charge is -1.97. The van der Waals surface area contributed by atoms with Gasteiger partial charge in [0.1, 0.15) is 5.82 Å². The normalized spacial score (nSPS) is 18.0. The van der Waals surface area contributed by atoms with E-state index in [0.717, 1.165) is 0 Å². The second-order valence-electron chi connectivity index (χ2n) is 3.40. The van der Waals surface area contributed by atoms with Crippen LogP contribution in [0.3, 0.4) is 0 Å². The predicted octanol–water partition coefficient (Wildman–Crippen LogP) is 1.91. The molecule has 1 aliphatic heterocycles. The number of hydrogen-bond acceptors (Lipinski definition) is 2. The zero-order valence-corrected chi connectivity index (χ0v) is 8.84. The van der Waals surface area contributed by atoms with Gasteiger partial charge in [-0.25, -0.2) is 4.39 Å². The van der Waals surface area contributed by atoms with E-state index in [4.69, 9.17) is 11.6 Å². The summed E-state index contributed by atoms with van der Waals surface area (Å²) in [5, 5.41) is 2.15. The molecule has 2 rings (SSSR count). The van der Waals surface area contributed by atoms with E-state index < -0.39 is 11.7 Å². The van der Waals surface area contributed by atoms with Gasteiger partial charge in [-0.3, -0.25) is 14.9 Å². The SMILES string of the molecule is O=C1C/C(=C\c2ccc(F)c(Cl)c2)C(=O)N1. The van der Waals surface area contributed by atoms with Crippen molar-refractivity contribution in [3.63, 3.8) is 0 Å². The number of hydrogen-bond donors (Lipinski definition) is 1. The molecular weight excluding hydrogens is 233 g/mol. The van der Waals surface area contributed by atoms with Crippen LogP contribution >= 0.6 is 11.6 Å². The van der Waals surface area contributed by atoms with Gasteiger partial charge >= 0.3 is 0 Å². The van der Waals surface area contributed by atoms with Crippen molar-refractivity contribution < 1.29 is 14.0 Å². The van der Waals surface area contributed by atoms with Crippen LogP contribution in [0.2, 0.25) is 5.02 Å². The van der Waals surface area contributed by atoms with Gasteiger partial charge in [-0.15, -0.1) is 0 Å². The molecule has 16 heavy (non-hydrogen) atoms. The van der Waals surface area contributed by atoms with E-state index in [9.17, 15) is 14.0 Å². The first-order valence-corrected chi connectivity index (χ1v) is 4.94. The number of benzene rings is 1. The highest BCUT2D eigenvalue weighted by Gasteiger charge is 2.23. The van der Waals surface area contributed by atoms with Crippen LogP contribution in [0.1, 0.15) is 12.0 Å². The minimum atomic E-state index is -0.518. The standard InChI is InChI=1S/C11H7ClFNO2/c12-8-4-6(1-2-9(8)13)3-7-5-10(15)14-11(7)16/h1-4H,5H2,(H,14,15,16)/b7-3+. The third kappa shape index (κ3) is 2.12. The minimum absolute atomic E-state index is 0.0147. The molecule has 1 N–H and O–H groups in total. The van der Waals surface area contributed by atoms with Crippen LogP contribution in [-0.2, 0) is 9.59 Å². The van der Waals surface area contributed by atoms with E-state index in [1.165, 1.54) is 24.3 Å². The molecule has 0 unspecified atom stereocenters. The van der Waals surface area contributed by atoms with Crippen LogP contribution in [0.15, 0.2) is 23.8 Å². The van der Waals surface area contributed by atoms with Crippen LogP contribution in [0.4, 0.5) is 4.39 Å². The Bertz CT molecular complexity index is 511. The zero-order valence-electron chi connectivity index (χ0n) is 8.09. The molecule has 1 heterocycles. The quantitative estimate of drug-likeness (QED) is 0.601. The van der Waals surface area contributed by atoms with Crippen molar-refractivity contribution in [2.45, 2.75) is 6.42 Å². The fraction of sp³-hybridized carbons (Fsp3) is 0.0909. The third-order valence-corrected chi connectivity index (χ3v) is 2.47. The third-order valence-electron chi connectivity index (χ3n) is 2.18. The van der Waals surface area contributed by atoms with Crippen LogP contribution in [0.25, 0.3) is 6.08 Å². The number of amides is 2. The Morgan fingerprint density at radius 2 is 2.12 bits per heavy atom. The van der Waals surface area contributed by atoms with Crippen LogP contribution in [0, 0.1) is 5.82 Å². The highest BCUT2D eigenvalue weighted by atomic mass is 35.5. The van der Waals surface area contributed by atoms with Crippen LogP contribution in [0.5, 0.6) is 0 Å². The van der Waals surface area contributed by atoms with Gasteiger partial charge in [0, 0.05) is 5.57 Å². The number of halogens is 2. The zero-order chi connectivity index (χ0) is 11.7. The lowest BCUT2D eigenvalue weighted by Crippen LogP contribution is -2.19. The summed E-state index contributed by atoms with van der Waals surface area (Å²) in [4.78, 5) is 22.1. The summed E-state index contributed by atoms with van der Waals surface area (Å²) >= 11 is 5.59. The molecule has 0 aromatic heterocycles.